The third kappa shape index (κ3) is 3.16. The topological polar surface area (TPSA) is 65.7 Å². The number of pyridine rings is 1. The van der Waals surface area contributed by atoms with Crippen LogP contribution in [0.25, 0.3) is 11.0 Å². The molecule has 0 aliphatic heterocycles. The maximum Gasteiger partial charge on any atom is 0.318 e. The van der Waals surface area contributed by atoms with E-state index in [0.717, 1.165) is 17.4 Å². The van der Waals surface area contributed by atoms with Crippen molar-refractivity contribution in [1.29, 1.82) is 0 Å². The Bertz CT molecular complexity index is 780. The van der Waals surface area contributed by atoms with Crippen LogP contribution in [0.1, 0.15) is 37.3 Å². The van der Waals surface area contributed by atoms with E-state index in [4.69, 9.17) is 4.74 Å². The van der Waals surface area contributed by atoms with Gasteiger partial charge in [0.2, 0.25) is 0 Å². The molecule has 1 aliphatic rings. The highest BCUT2D eigenvalue weighted by atomic mass is 16.5. The first-order chi connectivity index (χ1) is 11.4. The lowest BCUT2D eigenvalue weighted by Gasteiger charge is -2.07. The van der Waals surface area contributed by atoms with Crippen LogP contribution in [0.5, 0.6) is 6.01 Å². The fourth-order valence-electron chi connectivity index (χ4n) is 3.05. The first-order valence-corrected chi connectivity index (χ1v) is 8.12. The van der Waals surface area contributed by atoms with Crippen LogP contribution < -0.4 is 4.74 Å². The maximum atomic E-state index is 5.65. The van der Waals surface area contributed by atoms with Gasteiger partial charge < -0.3 is 4.74 Å². The molecule has 118 valence electrons. The summed E-state index contributed by atoms with van der Waals surface area (Å²) < 4.78 is 7.70. The SMILES string of the molecule is c1cncc(CCOc2ncc3cn(C4CCCC4)nc3n2)c1. The summed E-state index contributed by atoms with van der Waals surface area (Å²) in [6.45, 7) is 0.528. The minimum Gasteiger partial charge on any atom is -0.463 e. The van der Waals surface area contributed by atoms with Crippen molar-refractivity contribution in [3.05, 3.63) is 42.5 Å². The van der Waals surface area contributed by atoms with Gasteiger partial charge in [-0.2, -0.15) is 10.1 Å². The van der Waals surface area contributed by atoms with Gasteiger partial charge in [0.25, 0.3) is 0 Å². The second kappa shape index (κ2) is 6.32. The van der Waals surface area contributed by atoms with E-state index in [1.165, 1.54) is 25.7 Å². The average molecular weight is 309 g/mol. The van der Waals surface area contributed by atoms with Gasteiger partial charge in [-0.05, 0) is 24.5 Å². The van der Waals surface area contributed by atoms with Crippen molar-refractivity contribution < 1.29 is 4.74 Å². The van der Waals surface area contributed by atoms with E-state index in [1.54, 1.807) is 12.4 Å². The summed E-state index contributed by atoms with van der Waals surface area (Å²) in [4.78, 5) is 12.8. The molecular weight excluding hydrogens is 290 g/mol. The minimum atomic E-state index is 0.387. The smallest absolute Gasteiger partial charge is 0.318 e. The highest BCUT2D eigenvalue weighted by Gasteiger charge is 2.18. The van der Waals surface area contributed by atoms with E-state index in [9.17, 15) is 0 Å². The fourth-order valence-corrected chi connectivity index (χ4v) is 3.05. The van der Waals surface area contributed by atoms with Crippen LogP contribution in [0.3, 0.4) is 0 Å². The molecule has 0 atom stereocenters. The number of ether oxygens (including phenoxy) is 1. The molecule has 1 fully saturated rings. The Morgan fingerprint density at radius 2 is 2.13 bits per heavy atom. The molecule has 1 aliphatic carbocycles. The summed E-state index contributed by atoms with van der Waals surface area (Å²) in [6.07, 6.45) is 13.2. The molecule has 0 amide bonds. The molecule has 23 heavy (non-hydrogen) atoms. The van der Waals surface area contributed by atoms with Crippen LogP contribution in [0.15, 0.2) is 36.9 Å². The second-order valence-electron chi connectivity index (χ2n) is 5.94. The zero-order valence-corrected chi connectivity index (χ0v) is 12.9. The summed E-state index contributed by atoms with van der Waals surface area (Å²) in [5, 5.41) is 5.57. The molecular formula is C17H19N5O. The quantitative estimate of drug-likeness (QED) is 0.725. The maximum absolute atomic E-state index is 5.65. The lowest BCUT2D eigenvalue weighted by atomic mass is 10.2. The molecule has 0 radical (unpaired) electrons. The van der Waals surface area contributed by atoms with E-state index in [2.05, 4.69) is 20.1 Å². The lowest BCUT2D eigenvalue weighted by Crippen LogP contribution is -2.05. The summed E-state index contributed by atoms with van der Waals surface area (Å²) in [6, 6.07) is 4.86. The Morgan fingerprint density at radius 3 is 2.96 bits per heavy atom. The largest absolute Gasteiger partial charge is 0.463 e. The Labute approximate surface area is 134 Å². The van der Waals surface area contributed by atoms with Crippen molar-refractivity contribution in [3.8, 4) is 6.01 Å². The third-order valence-electron chi connectivity index (χ3n) is 4.30. The number of hydrogen-bond donors (Lipinski definition) is 0. The molecule has 0 spiro atoms. The van der Waals surface area contributed by atoms with E-state index in [0.29, 0.717) is 24.3 Å². The van der Waals surface area contributed by atoms with Crippen LogP contribution in [0, 0.1) is 0 Å². The molecule has 0 bridgehead atoms. The molecule has 3 heterocycles. The van der Waals surface area contributed by atoms with Crippen molar-refractivity contribution in [2.45, 2.75) is 38.1 Å². The summed E-state index contributed by atoms with van der Waals surface area (Å²) in [7, 11) is 0. The third-order valence-corrected chi connectivity index (χ3v) is 4.30. The molecule has 4 rings (SSSR count). The first kappa shape index (κ1) is 14.1. The Hall–Kier alpha value is -2.50. The summed E-state index contributed by atoms with van der Waals surface area (Å²) in [5.41, 5.74) is 1.85. The molecule has 3 aromatic rings. The molecule has 0 unspecified atom stereocenters. The number of nitrogens with zero attached hydrogens (tertiary/aromatic N) is 5. The Kier molecular flexibility index (Phi) is 3.88. The van der Waals surface area contributed by atoms with Gasteiger partial charge in [0.05, 0.1) is 18.0 Å². The van der Waals surface area contributed by atoms with E-state index in [1.807, 2.05) is 29.2 Å². The van der Waals surface area contributed by atoms with Gasteiger partial charge in [-0.3, -0.25) is 9.67 Å². The number of fused-ring (bicyclic) bond motifs is 1. The Balaban J connectivity index is 1.43. The summed E-state index contributed by atoms with van der Waals surface area (Å²) in [5.74, 6) is 0. The number of aromatic nitrogens is 5. The van der Waals surface area contributed by atoms with Crippen molar-refractivity contribution in [1.82, 2.24) is 24.7 Å². The fraction of sp³-hybridized carbons (Fsp3) is 0.412. The highest BCUT2D eigenvalue weighted by Crippen LogP contribution is 2.29. The van der Waals surface area contributed by atoms with Crippen LogP contribution in [0.4, 0.5) is 0 Å². The van der Waals surface area contributed by atoms with Gasteiger partial charge in [0.1, 0.15) is 0 Å². The van der Waals surface area contributed by atoms with Crippen LogP contribution in [-0.4, -0.2) is 31.3 Å². The first-order valence-electron chi connectivity index (χ1n) is 8.12. The number of rotatable bonds is 5. The molecule has 6 nitrogen and oxygen atoms in total. The number of hydrogen-bond acceptors (Lipinski definition) is 5. The molecule has 3 aromatic heterocycles. The Morgan fingerprint density at radius 1 is 1.22 bits per heavy atom. The zero-order valence-electron chi connectivity index (χ0n) is 12.9. The van der Waals surface area contributed by atoms with Gasteiger partial charge in [0, 0.05) is 31.2 Å². The zero-order chi connectivity index (χ0) is 15.5. The van der Waals surface area contributed by atoms with Crippen molar-refractivity contribution >= 4 is 11.0 Å². The van der Waals surface area contributed by atoms with E-state index in [-0.39, 0.29) is 0 Å². The molecule has 6 heteroatoms. The van der Waals surface area contributed by atoms with E-state index >= 15 is 0 Å². The van der Waals surface area contributed by atoms with E-state index < -0.39 is 0 Å². The van der Waals surface area contributed by atoms with Gasteiger partial charge in [-0.25, -0.2) is 4.98 Å². The molecule has 0 saturated heterocycles. The van der Waals surface area contributed by atoms with Crippen LogP contribution in [-0.2, 0) is 6.42 Å². The van der Waals surface area contributed by atoms with Gasteiger partial charge in [0.15, 0.2) is 5.65 Å². The lowest BCUT2D eigenvalue weighted by molar-refractivity contribution is 0.297. The molecule has 0 aromatic carbocycles. The van der Waals surface area contributed by atoms with Gasteiger partial charge in [-0.1, -0.05) is 18.9 Å². The second-order valence-corrected chi connectivity index (χ2v) is 5.94. The van der Waals surface area contributed by atoms with Gasteiger partial charge >= 0.3 is 6.01 Å². The van der Waals surface area contributed by atoms with Crippen molar-refractivity contribution in [3.63, 3.8) is 0 Å². The average Bonchev–Trinajstić information content (AvgIpc) is 3.24. The molecule has 0 N–H and O–H groups in total. The predicted octanol–water partition coefficient (Wildman–Crippen LogP) is 2.96. The van der Waals surface area contributed by atoms with Crippen LogP contribution >= 0.6 is 0 Å². The van der Waals surface area contributed by atoms with Crippen LogP contribution in [0.2, 0.25) is 0 Å². The van der Waals surface area contributed by atoms with Gasteiger partial charge in [-0.15, -0.1) is 0 Å². The summed E-state index contributed by atoms with van der Waals surface area (Å²) >= 11 is 0. The monoisotopic (exact) mass is 309 g/mol. The minimum absolute atomic E-state index is 0.387. The highest BCUT2D eigenvalue weighted by molar-refractivity contribution is 5.72. The van der Waals surface area contributed by atoms with Crippen molar-refractivity contribution in [2.24, 2.45) is 0 Å². The molecule has 1 saturated carbocycles. The standard InChI is InChI=1S/C17H19N5O/c1-2-6-15(5-1)22-12-14-11-19-17(20-16(14)21-22)23-9-7-13-4-3-8-18-10-13/h3-4,8,10-12,15H,1-2,5-7,9H2. The normalized spacial score (nSPS) is 15.3. The predicted molar refractivity (Wildman–Crippen MR) is 86.3 cm³/mol. The van der Waals surface area contributed by atoms with Crippen molar-refractivity contribution in [2.75, 3.05) is 6.61 Å².